The summed E-state index contributed by atoms with van der Waals surface area (Å²) in [6.07, 6.45) is 3.95. The van der Waals surface area contributed by atoms with Crippen molar-refractivity contribution in [1.29, 1.82) is 0 Å². The van der Waals surface area contributed by atoms with Crippen molar-refractivity contribution < 1.29 is 9.90 Å². The second-order valence-corrected chi connectivity index (χ2v) is 7.64. The van der Waals surface area contributed by atoms with Gasteiger partial charge in [-0.15, -0.1) is 6.58 Å². The Morgan fingerprint density at radius 1 is 1.57 bits per heavy atom. The van der Waals surface area contributed by atoms with E-state index in [0.717, 1.165) is 8.96 Å². The molecule has 124 valence electrons. The zero-order valence-electron chi connectivity index (χ0n) is 13.1. The molecule has 0 saturated carbocycles. The number of hydrogen-bond donors (Lipinski definition) is 1. The van der Waals surface area contributed by atoms with Gasteiger partial charge in [0.1, 0.15) is 17.1 Å². The Kier molecular flexibility index (Phi) is 5.20. The third-order valence-electron chi connectivity index (χ3n) is 3.48. The van der Waals surface area contributed by atoms with Crippen LogP contribution in [-0.4, -0.2) is 42.2 Å². The van der Waals surface area contributed by atoms with Crippen LogP contribution in [0.25, 0.3) is 11.0 Å². The van der Waals surface area contributed by atoms with Crippen molar-refractivity contribution in [2.75, 3.05) is 0 Å². The first kappa shape index (κ1) is 18.0. The van der Waals surface area contributed by atoms with Crippen molar-refractivity contribution >= 4 is 51.3 Å². The van der Waals surface area contributed by atoms with E-state index in [4.69, 9.17) is 11.6 Å². The highest BCUT2D eigenvalue weighted by atomic mass is 127. The van der Waals surface area contributed by atoms with Crippen LogP contribution < -0.4 is 0 Å². The highest BCUT2D eigenvalue weighted by Crippen LogP contribution is 2.28. The minimum Gasteiger partial charge on any atom is -0.465 e. The molecule has 0 radical (unpaired) electrons. The van der Waals surface area contributed by atoms with Crippen LogP contribution in [0.15, 0.2) is 25.2 Å². The number of fused-ring (bicyclic) bond motifs is 1. The molecule has 0 aliphatic heterocycles. The van der Waals surface area contributed by atoms with E-state index in [1.807, 2.05) is 31.5 Å². The van der Waals surface area contributed by atoms with E-state index >= 15 is 0 Å². The number of carbonyl (C=O) groups is 1. The SMILES string of the molecule is C=C[C@H](Cn1cc(I)c2c(Cl)ncnc21)N(C(=O)O)C(C)(C)C. The van der Waals surface area contributed by atoms with Gasteiger partial charge in [0.15, 0.2) is 0 Å². The molecule has 0 spiro atoms. The summed E-state index contributed by atoms with van der Waals surface area (Å²) >= 11 is 8.31. The molecule has 6 nitrogen and oxygen atoms in total. The number of amides is 1. The van der Waals surface area contributed by atoms with Gasteiger partial charge >= 0.3 is 6.09 Å². The number of halogens is 2. The van der Waals surface area contributed by atoms with Gasteiger partial charge in [-0.2, -0.15) is 0 Å². The first-order valence-electron chi connectivity index (χ1n) is 6.96. The highest BCUT2D eigenvalue weighted by Gasteiger charge is 2.32. The predicted octanol–water partition coefficient (Wildman–Crippen LogP) is 4.02. The molecule has 0 aliphatic carbocycles. The standard InChI is InChI=1S/C15H18ClIN4O2/c1-5-9(21(14(22)23)15(2,3)4)6-20-7-10(17)11-12(16)18-8-19-13(11)20/h5,7-9H,1,6H2,2-4H3,(H,22,23)/t9-/m1/s1. The average molecular weight is 449 g/mol. The second-order valence-electron chi connectivity index (χ2n) is 6.12. The predicted molar refractivity (Wildman–Crippen MR) is 98.9 cm³/mol. The fraction of sp³-hybridized carbons (Fsp3) is 0.400. The molecule has 2 aromatic rings. The van der Waals surface area contributed by atoms with Gasteiger partial charge in [0.05, 0.1) is 11.4 Å². The zero-order valence-corrected chi connectivity index (χ0v) is 16.0. The van der Waals surface area contributed by atoms with Crippen LogP contribution in [0.2, 0.25) is 5.15 Å². The summed E-state index contributed by atoms with van der Waals surface area (Å²) in [6.45, 7) is 9.77. The summed E-state index contributed by atoms with van der Waals surface area (Å²) in [5.41, 5.74) is 0.133. The smallest absolute Gasteiger partial charge is 0.408 e. The lowest BCUT2D eigenvalue weighted by atomic mass is 10.0. The maximum Gasteiger partial charge on any atom is 0.408 e. The molecule has 2 rings (SSSR count). The minimum atomic E-state index is -0.985. The lowest BCUT2D eigenvalue weighted by molar-refractivity contribution is 0.0788. The molecule has 8 heteroatoms. The summed E-state index contributed by atoms with van der Waals surface area (Å²) < 4.78 is 2.81. The Morgan fingerprint density at radius 3 is 2.74 bits per heavy atom. The minimum absolute atomic E-state index is 0.388. The summed E-state index contributed by atoms with van der Waals surface area (Å²) in [6, 6.07) is -0.396. The number of aromatic nitrogens is 3. The van der Waals surface area contributed by atoms with Gasteiger partial charge in [-0.25, -0.2) is 14.8 Å². The van der Waals surface area contributed by atoms with Gasteiger partial charge in [-0.1, -0.05) is 17.7 Å². The van der Waals surface area contributed by atoms with E-state index in [9.17, 15) is 9.90 Å². The van der Waals surface area contributed by atoms with E-state index in [2.05, 4.69) is 39.1 Å². The Balaban J connectivity index is 2.46. The summed E-state index contributed by atoms with van der Waals surface area (Å²) in [5.74, 6) is 0. The topological polar surface area (TPSA) is 71.2 Å². The van der Waals surface area contributed by atoms with E-state index in [0.29, 0.717) is 17.3 Å². The molecule has 2 heterocycles. The van der Waals surface area contributed by atoms with Gasteiger partial charge in [0, 0.05) is 21.9 Å². The third kappa shape index (κ3) is 3.60. The van der Waals surface area contributed by atoms with Gasteiger partial charge in [-0.05, 0) is 43.4 Å². The van der Waals surface area contributed by atoms with Crippen molar-refractivity contribution in [2.24, 2.45) is 0 Å². The van der Waals surface area contributed by atoms with E-state index in [1.165, 1.54) is 11.2 Å². The first-order valence-corrected chi connectivity index (χ1v) is 8.42. The van der Waals surface area contributed by atoms with Crippen LogP contribution in [-0.2, 0) is 6.54 Å². The Bertz CT molecular complexity index is 754. The Hall–Kier alpha value is -1.35. The molecule has 0 fully saturated rings. The molecule has 23 heavy (non-hydrogen) atoms. The molecular formula is C15H18ClIN4O2. The van der Waals surface area contributed by atoms with Crippen molar-refractivity contribution in [3.63, 3.8) is 0 Å². The Morgan fingerprint density at radius 2 is 2.22 bits per heavy atom. The normalized spacial score (nSPS) is 13.1. The number of rotatable bonds is 4. The zero-order chi connectivity index (χ0) is 17.4. The molecule has 0 bridgehead atoms. The van der Waals surface area contributed by atoms with E-state index < -0.39 is 17.7 Å². The quantitative estimate of drug-likeness (QED) is 0.436. The summed E-state index contributed by atoms with van der Waals surface area (Å²) in [5, 5.41) is 10.7. The van der Waals surface area contributed by atoms with Crippen LogP contribution in [0.5, 0.6) is 0 Å². The maximum atomic E-state index is 11.7. The van der Waals surface area contributed by atoms with Gasteiger partial charge in [-0.3, -0.25) is 4.90 Å². The lowest BCUT2D eigenvalue weighted by Crippen LogP contribution is -2.51. The number of nitrogens with zero attached hydrogens (tertiary/aromatic N) is 4. The lowest BCUT2D eigenvalue weighted by Gasteiger charge is -2.38. The molecule has 0 unspecified atom stereocenters. The van der Waals surface area contributed by atoms with E-state index in [1.54, 1.807) is 6.08 Å². The van der Waals surface area contributed by atoms with Crippen LogP contribution >= 0.6 is 34.2 Å². The molecule has 1 atom stereocenters. The second kappa shape index (κ2) is 6.64. The monoisotopic (exact) mass is 448 g/mol. The fourth-order valence-corrected chi connectivity index (χ4v) is 3.79. The molecule has 1 amide bonds. The van der Waals surface area contributed by atoms with Crippen molar-refractivity contribution in [3.8, 4) is 0 Å². The highest BCUT2D eigenvalue weighted by molar-refractivity contribution is 14.1. The van der Waals surface area contributed by atoms with Gasteiger partial charge in [0.2, 0.25) is 0 Å². The molecule has 0 aliphatic rings. The van der Waals surface area contributed by atoms with Gasteiger partial charge < -0.3 is 9.67 Å². The first-order chi connectivity index (χ1) is 10.7. The molecule has 0 saturated heterocycles. The van der Waals surface area contributed by atoms with Crippen molar-refractivity contribution in [2.45, 2.75) is 38.9 Å². The maximum absolute atomic E-state index is 11.7. The number of hydrogen-bond acceptors (Lipinski definition) is 3. The summed E-state index contributed by atoms with van der Waals surface area (Å²) in [4.78, 5) is 21.3. The molecular weight excluding hydrogens is 431 g/mol. The average Bonchev–Trinajstić information content (AvgIpc) is 2.74. The van der Waals surface area contributed by atoms with Crippen molar-refractivity contribution in [1.82, 2.24) is 19.4 Å². The van der Waals surface area contributed by atoms with Crippen LogP contribution in [0, 0.1) is 3.57 Å². The number of carboxylic acid groups (broad SMARTS) is 1. The van der Waals surface area contributed by atoms with Crippen molar-refractivity contribution in [3.05, 3.63) is 33.9 Å². The molecule has 2 aromatic heterocycles. The van der Waals surface area contributed by atoms with Crippen LogP contribution in [0.1, 0.15) is 20.8 Å². The molecule has 1 N–H and O–H groups in total. The van der Waals surface area contributed by atoms with Crippen LogP contribution in [0.4, 0.5) is 4.79 Å². The summed E-state index contributed by atoms with van der Waals surface area (Å²) in [7, 11) is 0. The van der Waals surface area contributed by atoms with Crippen LogP contribution in [0.3, 0.4) is 0 Å². The molecule has 0 aromatic carbocycles. The third-order valence-corrected chi connectivity index (χ3v) is 4.58. The van der Waals surface area contributed by atoms with Gasteiger partial charge in [0.25, 0.3) is 0 Å². The van der Waals surface area contributed by atoms with E-state index in [-0.39, 0.29) is 0 Å². The fourth-order valence-electron chi connectivity index (χ4n) is 2.57. The Labute approximate surface area is 153 Å². The largest absolute Gasteiger partial charge is 0.465 e.